The Bertz CT molecular complexity index is 1740. The molecule has 2 aromatic rings. The highest BCUT2D eigenvalue weighted by Gasteiger charge is 2.50. The lowest BCUT2D eigenvalue weighted by molar-refractivity contribution is -0.144. The number of rotatable bonds is 9. The zero-order valence-corrected chi connectivity index (χ0v) is 26.9. The van der Waals surface area contributed by atoms with Crippen molar-refractivity contribution >= 4 is 18.0 Å². The number of amides is 1. The highest BCUT2D eigenvalue weighted by Crippen LogP contribution is 2.50. The second kappa shape index (κ2) is 12.7. The number of hydrogen-bond donors (Lipinski definition) is 0. The monoisotopic (exact) mass is 716 g/mol. The number of ether oxygens (including phenoxy) is 3. The van der Waals surface area contributed by atoms with Crippen LogP contribution in [-0.4, -0.2) is 84.2 Å². The predicted octanol–water partition coefficient (Wildman–Crippen LogP) is 6.98. The molecule has 9 nitrogen and oxygen atoms in total. The molecule has 0 spiro atoms. The molecule has 0 N–H and O–H groups in total. The van der Waals surface area contributed by atoms with Crippen LogP contribution in [0.5, 0.6) is 5.75 Å². The molecule has 1 aromatic carbocycles. The molecule has 1 amide bonds. The Kier molecular flexibility index (Phi) is 9.00. The van der Waals surface area contributed by atoms with Crippen molar-refractivity contribution in [3.8, 4) is 16.9 Å². The summed E-state index contributed by atoms with van der Waals surface area (Å²) in [6.07, 6.45) is -10.7. The number of allylic oxidation sites excluding steroid dienone is 3. The number of halogens is 8. The number of alkyl halides is 8. The molecule has 2 aliphatic carbocycles. The van der Waals surface area contributed by atoms with Crippen LogP contribution in [0.25, 0.3) is 11.1 Å². The number of benzene rings is 1. The minimum Gasteiger partial charge on any atom is -0.496 e. The van der Waals surface area contributed by atoms with E-state index in [-0.39, 0.29) is 48.7 Å². The van der Waals surface area contributed by atoms with Crippen LogP contribution in [0.1, 0.15) is 43.9 Å². The fourth-order valence-electron chi connectivity index (χ4n) is 6.66. The maximum atomic E-state index is 13.8. The van der Waals surface area contributed by atoms with Crippen LogP contribution in [0.15, 0.2) is 47.7 Å². The molecule has 270 valence electrons. The van der Waals surface area contributed by atoms with Crippen molar-refractivity contribution in [2.75, 3.05) is 31.7 Å². The lowest BCUT2D eigenvalue weighted by Crippen LogP contribution is -2.57. The number of methoxy groups -OCH3 is 1. The van der Waals surface area contributed by atoms with Crippen LogP contribution in [0.2, 0.25) is 0 Å². The normalized spacial score (nSPS) is 26.1. The molecule has 2 unspecified atom stereocenters. The Hall–Kier alpha value is -4.44. The average molecular weight is 717 g/mol. The molecule has 17 heteroatoms. The fourth-order valence-corrected chi connectivity index (χ4v) is 6.66. The SMILES string of the molecule is CCOC(=O)[C@@H]1CC1c1ccc(OC)c(-c2cnc(N3CC(F)(F)C3)nc2CN2C(=O)O[C@H](C3C=C(C(F)(F)F)C=C(C(F)(F)F)C3)[C@@H]2C)c1. The van der Waals surface area contributed by atoms with Crippen LogP contribution in [0.3, 0.4) is 0 Å². The summed E-state index contributed by atoms with van der Waals surface area (Å²) in [4.78, 5) is 36.7. The van der Waals surface area contributed by atoms with Gasteiger partial charge < -0.3 is 19.1 Å². The summed E-state index contributed by atoms with van der Waals surface area (Å²) in [5.41, 5.74) is -1.24. The molecule has 2 saturated heterocycles. The summed E-state index contributed by atoms with van der Waals surface area (Å²) >= 11 is 0. The van der Waals surface area contributed by atoms with Crippen molar-refractivity contribution in [1.29, 1.82) is 0 Å². The van der Waals surface area contributed by atoms with E-state index in [0.717, 1.165) is 10.5 Å². The van der Waals surface area contributed by atoms with Gasteiger partial charge in [0.1, 0.15) is 11.9 Å². The number of anilines is 1. The molecular weight excluding hydrogens is 684 g/mol. The summed E-state index contributed by atoms with van der Waals surface area (Å²) in [6.45, 7) is 1.69. The molecule has 3 heterocycles. The summed E-state index contributed by atoms with van der Waals surface area (Å²) < 4.78 is 126. The number of carbonyl (C=O) groups excluding carboxylic acids is 2. The molecule has 50 heavy (non-hydrogen) atoms. The molecule has 1 aromatic heterocycles. The van der Waals surface area contributed by atoms with Crippen molar-refractivity contribution in [3.05, 3.63) is 59.0 Å². The molecule has 6 rings (SSSR count). The largest absolute Gasteiger partial charge is 0.496 e. The highest BCUT2D eigenvalue weighted by molar-refractivity contribution is 5.79. The Morgan fingerprint density at radius 1 is 1.10 bits per heavy atom. The van der Waals surface area contributed by atoms with Gasteiger partial charge in [0.2, 0.25) is 5.95 Å². The number of aromatic nitrogens is 2. The van der Waals surface area contributed by atoms with Crippen LogP contribution in [0.4, 0.5) is 45.9 Å². The van der Waals surface area contributed by atoms with Gasteiger partial charge in [0.25, 0.3) is 5.92 Å². The van der Waals surface area contributed by atoms with E-state index in [0.29, 0.717) is 29.4 Å². The van der Waals surface area contributed by atoms with E-state index in [4.69, 9.17) is 14.2 Å². The van der Waals surface area contributed by atoms with Gasteiger partial charge in [-0.05, 0) is 56.4 Å². The maximum absolute atomic E-state index is 13.8. The van der Waals surface area contributed by atoms with E-state index in [1.165, 1.54) is 25.1 Å². The Balaban J connectivity index is 1.34. The molecule has 1 saturated carbocycles. The summed E-state index contributed by atoms with van der Waals surface area (Å²) in [5, 5.41) is 0. The van der Waals surface area contributed by atoms with Gasteiger partial charge in [0, 0.05) is 28.8 Å². The zero-order valence-electron chi connectivity index (χ0n) is 26.9. The van der Waals surface area contributed by atoms with Gasteiger partial charge in [-0.15, -0.1) is 0 Å². The molecule has 0 radical (unpaired) electrons. The third kappa shape index (κ3) is 6.95. The minimum absolute atomic E-state index is 0.0573. The number of hydrogen-bond acceptors (Lipinski definition) is 8. The smallest absolute Gasteiger partial charge is 0.416 e. The van der Waals surface area contributed by atoms with Gasteiger partial charge in [-0.1, -0.05) is 12.1 Å². The fraction of sp³-hybridized carbons (Fsp3) is 0.515. The first-order valence-electron chi connectivity index (χ1n) is 15.8. The van der Waals surface area contributed by atoms with Gasteiger partial charge in [-0.2, -0.15) is 26.3 Å². The van der Waals surface area contributed by atoms with Crippen LogP contribution in [-0.2, 0) is 20.8 Å². The van der Waals surface area contributed by atoms with Gasteiger partial charge in [0.05, 0.1) is 56.6 Å². The van der Waals surface area contributed by atoms with E-state index in [2.05, 4.69) is 9.97 Å². The van der Waals surface area contributed by atoms with Crippen molar-refractivity contribution in [2.45, 2.75) is 69.6 Å². The Morgan fingerprint density at radius 3 is 2.44 bits per heavy atom. The number of nitrogens with zero attached hydrogens (tertiary/aromatic N) is 4. The first kappa shape index (κ1) is 35.4. The van der Waals surface area contributed by atoms with Crippen LogP contribution >= 0.6 is 0 Å². The molecule has 3 fully saturated rings. The third-order valence-electron chi connectivity index (χ3n) is 9.35. The van der Waals surface area contributed by atoms with E-state index >= 15 is 0 Å². The van der Waals surface area contributed by atoms with E-state index in [9.17, 15) is 44.7 Å². The topological polar surface area (TPSA) is 94.1 Å². The summed E-state index contributed by atoms with van der Waals surface area (Å²) in [6, 6.07) is 4.18. The van der Waals surface area contributed by atoms with E-state index < -0.39 is 73.1 Å². The van der Waals surface area contributed by atoms with Crippen LogP contribution < -0.4 is 9.64 Å². The number of carbonyl (C=O) groups is 2. The van der Waals surface area contributed by atoms with Gasteiger partial charge in [0.15, 0.2) is 0 Å². The number of cyclic esters (lactones) is 1. The lowest BCUT2D eigenvalue weighted by atomic mass is 9.83. The lowest BCUT2D eigenvalue weighted by Gasteiger charge is -2.38. The Labute approximate surface area is 280 Å². The zero-order chi connectivity index (χ0) is 36.3. The molecule has 0 bridgehead atoms. The quantitative estimate of drug-likeness (QED) is 0.203. The highest BCUT2D eigenvalue weighted by atomic mass is 19.4. The third-order valence-corrected chi connectivity index (χ3v) is 9.35. The second-order valence-electron chi connectivity index (χ2n) is 12.8. The first-order valence-corrected chi connectivity index (χ1v) is 15.8. The van der Waals surface area contributed by atoms with E-state index in [1.54, 1.807) is 25.1 Å². The van der Waals surface area contributed by atoms with Crippen molar-refractivity contribution in [2.24, 2.45) is 11.8 Å². The predicted molar refractivity (Wildman–Crippen MR) is 160 cm³/mol. The maximum Gasteiger partial charge on any atom is 0.416 e. The Morgan fingerprint density at radius 2 is 1.82 bits per heavy atom. The van der Waals surface area contributed by atoms with Crippen molar-refractivity contribution < 1.29 is 58.9 Å². The standard InChI is InChI=1S/C33H32F8N4O5/c1-4-49-28(46)23-11-21(23)17-5-6-26(48-3)22(9-17)24-12-42-29(44-14-31(34,35)15-44)43-25(24)13-45-16(2)27(50-30(45)47)18-7-19(32(36,37)38)10-20(8-18)33(39,40)41/h5-7,9-10,12,16,18,21,23,27H,4,8,11,13-15H2,1-3H3/t16-,18?,21?,23+,27-/m0/s1. The summed E-state index contributed by atoms with van der Waals surface area (Å²) in [5.74, 6) is -4.98. The average Bonchev–Trinajstić information content (AvgIpc) is 3.79. The molecule has 5 atom stereocenters. The summed E-state index contributed by atoms with van der Waals surface area (Å²) in [7, 11) is 1.41. The van der Waals surface area contributed by atoms with Gasteiger partial charge in [-0.25, -0.2) is 23.5 Å². The number of esters is 1. The van der Waals surface area contributed by atoms with Gasteiger partial charge in [-0.3, -0.25) is 9.69 Å². The molecular formula is C33H32F8N4O5. The van der Waals surface area contributed by atoms with Crippen molar-refractivity contribution in [3.63, 3.8) is 0 Å². The van der Waals surface area contributed by atoms with Crippen LogP contribution in [0, 0.1) is 11.8 Å². The van der Waals surface area contributed by atoms with E-state index in [1.807, 2.05) is 0 Å². The molecule has 4 aliphatic rings. The minimum atomic E-state index is -5.08. The first-order chi connectivity index (χ1) is 23.4. The second-order valence-corrected chi connectivity index (χ2v) is 12.8. The van der Waals surface area contributed by atoms with Gasteiger partial charge >= 0.3 is 24.4 Å². The van der Waals surface area contributed by atoms with Crippen molar-refractivity contribution in [1.82, 2.24) is 14.9 Å². The molecule has 2 aliphatic heterocycles.